The van der Waals surface area contributed by atoms with E-state index in [1.807, 2.05) is 50.4 Å². The Labute approximate surface area is 216 Å². The van der Waals surface area contributed by atoms with Crippen molar-refractivity contribution >= 4 is 11.8 Å². The number of hydrogen-bond donors (Lipinski definition) is 1. The van der Waals surface area contributed by atoms with Crippen LogP contribution in [0.15, 0.2) is 47.1 Å². The van der Waals surface area contributed by atoms with E-state index in [-0.39, 0.29) is 49.2 Å². The molecule has 0 fully saturated rings. The lowest BCUT2D eigenvalue weighted by molar-refractivity contribution is -0.136. The summed E-state index contributed by atoms with van der Waals surface area (Å²) in [5, 5.41) is 22.0. The summed E-state index contributed by atoms with van der Waals surface area (Å²) in [6, 6.07) is 10.8. The summed E-state index contributed by atoms with van der Waals surface area (Å²) in [7, 11) is 1.69. The molecule has 0 radical (unpaired) electrons. The summed E-state index contributed by atoms with van der Waals surface area (Å²) in [4.78, 5) is 29.5. The minimum Gasteiger partial charge on any atom is -0.394 e. The molecule has 0 unspecified atom stereocenters. The number of amides is 2. The number of aryl methyl sites for hydroxylation is 1. The van der Waals surface area contributed by atoms with Crippen LogP contribution in [0, 0.1) is 5.92 Å². The number of carbonyl (C=O) groups excluding carboxylic acids is 2. The second kappa shape index (κ2) is 12.1. The lowest BCUT2D eigenvalue weighted by atomic mass is 10.0. The quantitative estimate of drug-likeness (QED) is 0.535. The maximum Gasteiger partial charge on any atom is 0.275 e. The number of benzene rings is 1. The molecule has 2 aromatic heterocycles. The molecule has 1 N–H and O–H groups in total. The largest absolute Gasteiger partial charge is 0.394 e. The Hall–Kier alpha value is -3.57. The lowest BCUT2D eigenvalue weighted by Crippen LogP contribution is -2.47. The number of aliphatic hydroxyl groups excluding tert-OH is 1. The van der Waals surface area contributed by atoms with Crippen LogP contribution in [0.1, 0.15) is 42.9 Å². The van der Waals surface area contributed by atoms with Gasteiger partial charge in [-0.05, 0) is 13.3 Å². The van der Waals surface area contributed by atoms with Crippen LogP contribution < -0.4 is 0 Å². The topological polar surface area (TPSA) is 127 Å². The molecule has 198 valence electrons. The van der Waals surface area contributed by atoms with Crippen molar-refractivity contribution in [1.82, 2.24) is 30.0 Å². The minimum absolute atomic E-state index is 0.0350. The molecular weight excluding hydrogens is 476 g/mol. The molecule has 3 heterocycles. The van der Waals surface area contributed by atoms with Gasteiger partial charge in [0.1, 0.15) is 5.69 Å². The van der Waals surface area contributed by atoms with E-state index in [2.05, 4.69) is 15.5 Å². The minimum atomic E-state index is -0.415. The number of nitrogens with zero attached hydrogens (tertiary/aromatic N) is 6. The summed E-state index contributed by atoms with van der Waals surface area (Å²) in [6.45, 7) is 5.11. The molecule has 0 aliphatic carbocycles. The van der Waals surface area contributed by atoms with Crippen LogP contribution in [0.4, 0.5) is 0 Å². The molecule has 1 aliphatic rings. The average Bonchev–Trinajstić information content (AvgIpc) is 3.58. The molecule has 0 spiro atoms. The van der Waals surface area contributed by atoms with E-state index >= 15 is 0 Å². The normalized spacial score (nSPS) is 20.0. The van der Waals surface area contributed by atoms with Crippen LogP contribution in [0.2, 0.25) is 0 Å². The molecule has 3 aromatic rings. The van der Waals surface area contributed by atoms with E-state index in [1.165, 1.54) is 0 Å². The molecule has 1 aromatic carbocycles. The van der Waals surface area contributed by atoms with E-state index in [4.69, 9.17) is 9.26 Å². The van der Waals surface area contributed by atoms with Crippen molar-refractivity contribution in [2.24, 2.45) is 5.92 Å². The molecule has 2 amide bonds. The third kappa shape index (κ3) is 6.60. The van der Waals surface area contributed by atoms with Crippen molar-refractivity contribution in [3.8, 4) is 11.3 Å². The molecule has 1 aliphatic heterocycles. The molecule has 2 bridgehead atoms. The number of fused-ring (bicyclic) bond motifs is 2. The smallest absolute Gasteiger partial charge is 0.275 e. The first-order valence-corrected chi connectivity index (χ1v) is 12.5. The number of carbonyl (C=O) groups is 2. The first-order valence-electron chi connectivity index (χ1n) is 12.5. The Morgan fingerprint density at radius 1 is 1.30 bits per heavy atom. The predicted molar refractivity (Wildman–Crippen MR) is 134 cm³/mol. The van der Waals surface area contributed by atoms with Gasteiger partial charge < -0.3 is 24.2 Å². The van der Waals surface area contributed by atoms with E-state index < -0.39 is 6.10 Å². The van der Waals surface area contributed by atoms with Gasteiger partial charge in [0.15, 0.2) is 11.5 Å². The fourth-order valence-electron chi connectivity index (χ4n) is 4.36. The Kier molecular flexibility index (Phi) is 8.67. The summed E-state index contributed by atoms with van der Waals surface area (Å²) in [6.07, 6.45) is 2.36. The molecule has 0 saturated heterocycles. The molecule has 37 heavy (non-hydrogen) atoms. The Bertz CT molecular complexity index is 1180. The third-order valence-electron chi connectivity index (χ3n) is 6.63. The third-order valence-corrected chi connectivity index (χ3v) is 6.63. The van der Waals surface area contributed by atoms with Gasteiger partial charge in [-0.2, -0.15) is 0 Å². The van der Waals surface area contributed by atoms with Gasteiger partial charge in [-0.25, -0.2) is 0 Å². The maximum atomic E-state index is 13.2. The SMILES string of the molecule is C[C@H]1CN([C@@H](C)CO)C(=O)CCCn2cc(nn2)CO[C@H]1CN(C)C(=O)c1cc(-c2ccccc2)on1. The molecule has 0 saturated carbocycles. The van der Waals surface area contributed by atoms with Crippen molar-refractivity contribution in [3.05, 3.63) is 54.0 Å². The zero-order chi connectivity index (χ0) is 26.4. The van der Waals surface area contributed by atoms with E-state index in [0.29, 0.717) is 37.4 Å². The zero-order valence-corrected chi connectivity index (χ0v) is 21.5. The van der Waals surface area contributed by atoms with Crippen molar-refractivity contribution in [1.29, 1.82) is 0 Å². The molecule has 11 nitrogen and oxygen atoms in total. The van der Waals surface area contributed by atoms with Crippen LogP contribution in [0.3, 0.4) is 0 Å². The molecule has 3 atom stereocenters. The summed E-state index contributed by atoms with van der Waals surface area (Å²) < 4.78 is 13.3. The van der Waals surface area contributed by atoms with Crippen molar-refractivity contribution in [2.45, 2.75) is 52.0 Å². The Morgan fingerprint density at radius 3 is 2.84 bits per heavy atom. The highest BCUT2D eigenvalue weighted by Crippen LogP contribution is 2.22. The highest BCUT2D eigenvalue weighted by Gasteiger charge is 2.29. The van der Waals surface area contributed by atoms with E-state index in [1.54, 1.807) is 27.6 Å². The standard InChI is InChI=1S/C26H34N6O5/c1-18-13-32(19(2)16-33)25(34)10-7-11-31-14-21(27-29-31)17-36-24(18)15-30(3)26(35)22-12-23(37-28-22)20-8-5-4-6-9-20/h4-6,8-9,12,14,18-19,24,33H,7,10-11,13,15-17H2,1-3H3/t18-,19-,24-/m0/s1. The highest BCUT2D eigenvalue weighted by molar-refractivity contribution is 5.93. The lowest BCUT2D eigenvalue weighted by Gasteiger charge is -2.35. The van der Waals surface area contributed by atoms with Crippen molar-refractivity contribution < 1.29 is 24.0 Å². The van der Waals surface area contributed by atoms with Crippen LogP contribution in [0.5, 0.6) is 0 Å². The number of aliphatic hydroxyl groups is 1. The van der Waals surface area contributed by atoms with E-state index in [0.717, 1.165) is 5.56 Å². The first kappa shape index (κ1) is 26.5. The zero-order valence-electron chi connectivity index (χ0n) is 21.5. The van der Waals surface area contributed by atoms with Gasteiger partial charge >= 0.3 is 0 Å². The second-order valence-corrected chi connectivity index (χ2v) is 9.61. The highest BCUT2D eigenvalue weighted by atomic mass is 16.5. The monoisotopic (exact) mass is 510 g/mol. The summed E-state index contributed by atoms with van der Waals surface area (Å²) >= 11 is 0. The predicted octanol–water partition coefficient (Wildman–Crippen LogP) is 2.23. The second-order valence-electron chi connectivity index (χ2n) is 9.61. The molecule has 11 heteroatoms. The fourth-order valence-corrected chi connectivity index (χ4v) is 4.36. The van der Waals surface area contributed by atoms with Gasteiger partial charge in [-0.3, -0.25) is 14.3 Å². The van der Waals surface area contributed by atoms with Gasteiger partial charge in [0.25, 0.3) is 5.91 Å². The van der Waals surface area contributed by atoms with Gasteiger partial charge in [0.2, 0.25) is 5.91 Å². The van der Waals surface area contributed by atoms with E-state index in [9.17, 15) is 14.7 Å². The van der Waals surface area contributed by atoms with Crippen LogP contribution in [-0.2, 0) is 22.7 Å². The average molecular weight is 511 g/mol. The Balaban J connectivity index is 1.51. The summed E-state index contributed by atoms with van der Waals surface area (Å²) in [5.74, 6) is 0.0416. The van der Waals surface area contributed by atoms with Crippen molar-refractivity contribution in [3.63, 3.8) is 0 Å². The van der Waals surface area contributed by atoms with Crippen LogP contribution in [-0.4, -0.2) is 85.8 Å². The number of rotatable bonds is 6. The molecule has 4 rings (SSSR count). The summed E-state index contributed by atoms with van der Waals surface area (Å²) in [5.41, 5.74) is 1.72. The number of likely N-dealkylation sites (N-methyl/N-ethyl adjacent to an activating group) is 1. The van der Waals surface area contributed by atoms with Crippen molar-refractivity contribution in [2.75, 3.05) is 26.7 Å². The number of hydrogen-bond acceptors (Lipinski definition) is 8. The number of ether oxygens (including phenoxy) is 1. The first-order chi connectivity index (χ1) is 17.9. The number of aromatic nitrogens is 4. The van der Waals surface area contributed by atoms with Crippen LogP contribution >= 0.6 is 0 Å². The Morgan fingerprint density at radius 2 is 2.08 bits per heavy atom. The van der Waals surface area contributed by atoms with Gasteiger partial charge in [0.05, 0.1) is 31.6 Å². The fraction of sp³-hybridized carbons (Fsp3) is 0.500. The van der Waals surface area contributed by atoms with Gasteiger partial charge in [-0.1, -0.05) is 47.6 Å². The van der Waals surface area contributed by atoms with Crippen LogP contribution in [0.25, 0.3) is 11.3 Å². The molecular formula is C26H34N6O5. The maximum absolute atomic E-state index is 13.2. The van der Waals surface area contributed by atoms with Gasteiger partial charge in [0, 0.05) is 50.7 Å². The van der Waals surface area contributed by atoms with Gasteiger partial charge in [-0.15, -0.1) is 5.10 Å².